The Bertz CT molecular complexity index is 1020. The Morgan fingerprint density at radius 2 is 1.86 bits per heavy atom. The number of methoxy groups -OCH3 is 2. The molecule has 0 saturated carbocycles. The fourth-order valence-corrected chi connectivity index (χ4v) is 5.65. The highest BCUT2D eigenvalue weighted by molar-refractivity contribution is 7.93. The van der Waals surface area contributed by atoms with Gasteiger partial charge in [-0.1, -0.05) is 0 Å². The topological polar surface area (TPSA) is 84.6 Å². The van der Waals surface area contributed by atoms with Crippen LogP contribution >= 0.6 is 0 Å². The maximum atomic E-state index is 13.3. The summed E-state index contributed by atoms with van der Waals surface area (Å²) >= 11 is 0. The third-order valence-electron chi connectivity index (χ3n) is 5.45. The second kappa shape index (κ2) is 7.72. The highest BCUT2D eigenvalue weighted by Gasteiger charge is 2.32. The van der Waals surface area contributed by atoms with Crippen LogP contribution in [0.2, 0.25) is 0 Å². The zero-order valence-corrected chi connectivity index (χ0v) is 17.6. The number of carbonyl (C=O) groups is 1. The second-order valence-corrected chi connectivity index (χ2v) is 9.47. The molecule has 2 unspecified atom stereocenters. The van der Waals surface area contributed by atoms with Crippen LogP contribution in [0, 0.1) is 0 Å². The predicted molar refractivity (Wildman–Crippen MR) is 108 cm³/mol. The highest BCUT2D eigenvalue weighted by Crippen LogP contribution is 2.37. The van der Waals surface area contributed by atoms with Crippen molar-refractivity contribution in [3.63, 3.8) is 0 Å². The number of fused-ring (bicyclic) bond motifs is 1. The summed E-state index contributed by atoms with van der Waals surface area (Å²) in [6.07, 6.45) is 3.62. The van der Waals surface area contributed by atoms with E-state index in [-0.39, 0.29) is 12.1 Å². The molecule has 0 spiro atoms. The average molecular weight is 420 g/mol. The van der Waals surface area contributed by atoms with E-state index in [9.17, 15) is 9.00 Å². The smallest absolute Gasteiger partial charge is 0.289 e. The standard InChI is InChI=1S/C20H25N3O5S/c1-26-16-11-14-12-19(21-29(3,25)18(14)13-17(16)27-2)22-6-8-23(9-7-22)20(24)15-5-4-10-28-15/h4-5,10-11,13,19H,6-9,12H2,1-3H3. The molecule has 1 aromatic carbocycles. The lowest BCUT2D eigenvalue weighted by Crippen LogP contribution is -2.52. The van der Waals surface area contributed by atoms with E-state index in [2.05, 4.69) is 9.26 Å². The maximum absolute atomic E-state index is 13.3. The Kier molecular flexibility index (Phi) is 5.26. The number of furan rings is 1. The summed E-state index contributed by atoms with van der Waals surface area (Å²) in [6, 6.07) is 7.06. The van der Waals surface area contributed by atoms with E-state index in [1.54, 1.807) is 43.6 Å². The molecule has 2 atom stereocenters. The second-order valence-electron chi connectivity index (χ2n) is 7.21. The molecular formula is C20H25N3O5S. The van der Waals surface area contributed by atoms with Crippen LogP contribution in [0.3, 0.4) is 0 Å². The summed E-state index contributed by atoms with van der Waals surface area (Å²) < 4.78 is 34.0. The van der Waals surface area contributed by atoms with Crippen LogP contribution in [0.1, 0.15) is 16.1 Å². The molecule has 156 valence electrons. The van der Waals surface area contributed by atoms with E-state index in [4.69, 9.17) is 13.9 Å². The Labute approximate surface area is 170 Å². The van der Waals surface area contributed by atoms with Crippen molar-refractivity contribution in [1.29, 1.82) is 0 Å². The SMILES string of the molecule is COc1cc2c(cc1OC)S(C)(=O)=NC(N1CCN(C(=O)c3ccco3)CC1)C2. The minimum Gasteiger partial charge on any atom is -0.493 e. The summed E-state index contributed by atoms with van der Waals surface area (Å²) in [7, 11) is 0.593. The molecule has 1 fully saturated rings. The molecule has 0 bridgehead atoms. The number of piperazine rings is 1. The molecule has 3 heterocycles. The van der Waals surface area contributed by atoms with Gasteiger partial charge in [0.1, 0.15) is 6.17 Å². The Morgan fingerprint density at radius 1 is 1.17 bits per heavy atom. The van der Waals surface area contributed by atoms with Crippen molar-refractivity contribution < 1.29 is 22.9 Å². The summed E-state index contributed by atoms with van der Waals surface area (Å²) in [5.74, 6) is 1.43. The molecule has 2 aliphatic heterocycles. The van der Waals surface area contributed by atoms with E-state index in [0.717, 1.165) is 5.56 Å². The normalized spacial score (nSPS) is 24.5. The molecule has 0 aliphatic carbocycles. The highest BCUT2D eigenvalue weighted by atomic mass is 32.2. The Balaban J connectivity index is 1.52. The molecule has 2 aliphatic rings. The zero-order valence-electron chi connectivity index (χ0n) is 16.8. The van der Waals surface area contributed by atoms with Crippen molar-refractivity contribution in [2.24, 2.45) is 4.36 Å². The minimum atomic E-state index is -2.56. The predicted octanol–water partition coefficient (Wildman–Crippen LogP) is 2.09. The molecule has 1 amide bonds. The number of ether oxygens (including phenoxy) is 2. The lowest BCUT2D eigenvalue weighted by Gasteiger charge is -2.39. The quantitative estimate of drug-likeness (QED) is 0.755. The van der Waals surface area contributed by atoms with E-state index >= 15 is 0 Å². The first kappa shape index (κ1) is 19.8. The van der Waals surface area contributed by atoms with E-state index in [1.165, 1.54) is 6.26 Å². The molecule has 1 saturated heterocycles. The number of hydrogen-bond acceptors (Lipinski definition) is 7. The van der Waals surface area contributed by atoms with Gasteiger partial charge in [0.2, 0.25) is 0 Å². The zero-order chi connectivity index (χ0) is 20.6. The number of amides is 1. The van der Waals surface area contributed by atoms with Crippen LogP contribution in [0.15, 0.2) is 44.2 Å². The van der Waals surface area contributed by atoms with Crippen LogP contribution < -0.4 is 9.47 Å². The first-order valence-corrected chi connectivity index (χ1v) is 11.4. The molecule has 29 heavy (non-hydrogen) atoms. The molecule has 4 rings (SSSR count). The van der Waals surface area contributed by atoms with E-state index in [1.807, 2.05) is 6.07 Å². The Hall–Kier alpha value is -2.52. The summed E-state index contributed by atoms with van der Waals surface area (Å²) in [6.45, 7) is 2.49. The molecule has 0 radical (unpaired) electrons. The van der Waals surface area contributed by atoms with Gasteiger partial charge < -0.3 is 18.8 Å². The lowest BCUT2D eigenvalue weighted by molar-refractivity contribution is 0.0545. The first-order valence-electron chi connectivity index (χ1n) is 9.46. The van der Waals surface area contributed by atoms with Gasteiger partial charge in [-0.15, -0.1) is 0 Å². The molecule has 8 nitrogen and oxygen atoms in total. The van der Waals surface area contributed by atoms with Crippen LogP contribution in [0.4, 0.5) is 0 Å². The lowest BCUT2D eigenvalue weighted by atomic mass is 10.1. The van der Waals surface area contributed by atoms with Crippen molar-refractivity contribution in [3.8, 4) is 11.5 Å². The summed E-state index contributed by atoms with van der Waals surface area (Å²) in [5, 5.41) is 0. The molecular weight excluding hydrogens is 394 g/mol. The molecule has 9 heteroatoms. The van der Waals surface area contributed by atoms with Gasteiger partial charge in [-0.05, 0) is 23.8 Å². The maximum Gasteiger partial charge on any atom is 0.289 e. The summed E-state index contributed by atoms with van der Waals surface area (Å²) in [4.78, 5) is 17.1. The van der Waals surface area contributed by atoms with Crippen molar-refractivity contribution in [1.82, 2.24) is 9.80 Å². The average Bonchev–Trinajstić information content (AvgIpc) is 3.27. The first-order chi connectivity index (χ1) is 13.9. The molecule has 2 aromatic rings. The van der Waals surface area contributed by atoms with Crippen molar-refractivity contribution in [2.45, 2.75) is 17.5 Å². The summed E-state index contributed by atoms with van der Waals surface area (Å²) in [5.41, 5.74) is 0.962. The van der Waals surface area contributed by atoms with Gasteiger partial charge >= 0.3 is 0 Å². The van der Waals surface area contributed by atoms with Crippen molar-refractivity contribution in [2.75, 3.05) is 46.7 Å². The van der Waals surface area contributed by atoms with Crippen molar-refractivity contribution in [3.05, 3.63) is 41.9 Å². The van der Waals surface area contributed by atoms with Gasteiger partial charge in [0, 0.05) is 44.9 Å². The third-order valence-corrected chi connectivity index (χ3v) is 7.30. The monoisotopic (exact) mass is 419 g/mol. The number of benzene rings is 1. The van der Waals surface area contributed by atoms with Gasteiger partial charge in [0.25, 0.3) is 5.91 Å². The van der Waals surface area contributed by atoms with Crippen molar-refractivity contribution >= 4 is 15.6 Å². The number of hydrogen-bond donors (Lipinski definition) is 0. The van der Waals surface area contributed by atoms with Gasteiger partial charge in [-0.25, -0.2) is 8.57 Å². The third kappa shape index (κ3) is 3.72. The number of carbonyl (C=O) groups excluding carboxylic acids is 1. The van der Waals surface area contributed by atoms with Gasteiger partial charge in [-0.3, -0.25) is 9.69 Å². The Morgan fingerprint density at radius 3 is 2.48 bits per heavy atom. The number of nitrogens with zero attached hydrogens (tertiary/aromatic N) is 3. The van der Waals surface area contributed by atoms with E-state index in [0.29, 0.717) is 54.8 Å². The molecule has 1 aromatic heterocycles. The van der Waals surface area contributed by atoms with Crippen LogP contribution in [-0.4, -0.2) is 72.7 Å². The fourth-order valence-electron chi connectivity index (χ4n) is 3.91. The van der Waals surface area contributed by atoms with E-state index < -0.39 is 9.73 Å². The number of rotatable bonds is 4. The van der Waals surface area contributed by atoms with Crippen LogP contribution in [-0.2, 0) is 16.1 Å². The largest absolute Gasteiger partial charge is 0.493 e. The van der Waals surface area contributed by atoms with Gasteiger partial charge in [-0.2, -0.15) is 0 Å². The van der Waals surface area contributed by atoms with Crippen LogP contribution in [0.25, 0.3) is 0 Å². The minimum absolute atomic E-state index is 0.100. The van der Waals surface area contributed by atoms with Gasteiger partial charge in [0.15, 0.2) is 17.3 Å². The molecule has 0 N–H and O–H groups in total. The van der Waals surface area contributed by atoms with Crippen LogP contribution in [0.5, 0.6) is 11.5 Å². The fraction of sp³-hybridized carbons (Fsp3) is 0.450. The van der Waals surface area contributed by atoms with Gasteiger partial charge in [0.05, 0.1) is 35.1 Å².